The molecule has 1 amide bonds. The van der Waals surface area contributed by atoms with Crippen molar-refractivity contribution in [2.75, 3.05) is 20.6 Å². The fourth-order valence-corrected chi connectivity index (χ4v) is 2.45. The van der Waals surface area contributed by atoms with Gasteiger partial charge >= 0.3 is 0 Å². The molecule has 0 radical (unpaired) electrons. The van der Waals surface area contributed by atoms with Crippen molar-refractivity contribution in [2.45, 2.75) is 19.4 Å². The molecule has 2 rings (SSSR count). The maximum absolute atomic E-state index is 12.9. The zero-order valence-corrected chi connectivity index (χ0v) is 13.8. The van der Waals surface area contributed by atoms with Gasteiger partial charge in [0.25, 0.3) is 0 Å². The molecule has 3 nitrogen and oxygen atoms in total. The van der Waals surface area contributed by atoms with Crippen LogP contribution < -0.4 is 5.32 Å². The van der Waals surface area contributed by atoms with Crippen LogP contribution in [0.4, 0.5) is 4.39 Å². The largest absolute Gasteiger partial charge is 0.354 e. The van der Waals surface area contributed by atoms with Crippen LogP contribution in [0, 0.1) is 12.7 Å². The molecular formula is C19H23FN2O. The SMILES string of the molecule is Cc1ccc([C@H](CNC(=O)Cc2ccc(F)cc2)N(C)C)cc1. The van der Waals surface area contributed by atoms with Gasteiger partial charge in [0.1, 0.15) is 5.82 Å². The minimum Gasteiger partial charge on any atom is -0.354 e. The number of hydrogen-bond donors (Lipinski definition) is 1. The van der Waals surface area contributed by atoms with Crippen LogP contribution in [0.15, 0.2) is 48.5 Å². The van der Waals surface area contributed by atoms with E-state index in [9.17, 15) is 9.18 Å². The summed E-state index contributed by atoms with van der Waals surface area (Å²) >= 11 is 0. The Morgan fingerprint density at radius 2 is 1.70 bits per heavy atom. The Hall–Kier alpha value is -2.20. The molecule has 0 aliphatic rings. The predicted octanol–water partition coefficient (Wildman–Crippen LogP) is 3.10. The van der Waals surface area contributed by atoms with Crippen LogP contribution in [0.5, 0.6) is 0 Å². The number of nitrogens with one attached hydrogen (secondary N) is 1. The molecule has 1 N–H and O–H groups in total. The number of likely N-dealkylation sites (N-methyl/N-ethyl adjacent to an activating group) is 1. The Bertz CT molecular complexity index is 635. The minimum atomic E-state index is -0.291. The first-order valence-electron chi connectivity index (χ1n) is 7.70. The molecule has 0 aliphatic heterocycles. The summed E-state index contributed by atoms with van der Waals surface area (Å²) in [6, 6.07) is 14.5. The van der Waals surface area contributed by atoms with Gasteiger partial charge in [-0.3, -0.25) is 4.79 Å². The molecular weight excluding hydrogens is 291 g/mol. The zero-order valence-electron chi connectivity index (χ0n) is 13.8. The Labute approximate surface area is 137 Å². The van der Waals surface area contributed by atoms with E-state index in [1.165, 1.54) is 23.3 Å². The first-order valence-corrected chi connectivity index (χ1v) is 7.70. The van der Waals surface area contributed by atoms with E-state index in [4.69, 9.17) is 0 Å². The number of halogens is 1. The molecule has 23 heavy (non-hydrogen) atoms. The standard InChI is InChI=1S/C19H23FN2O/c1-14-4-8-16(9-5-14)18(22(2)3)13-21-19(23)12-15-6-10-17(20)11-7-15/h4-11,18H,12-13H2,1-3H3,(H,21,23)/t18-/m0/s1. The minimum absolute atomic E-state index is 0.0597. The van der Waals surface area contributed by atoms with Gasteiger partial charge in [-0.05, 0) is 44.3 Å². The summed E-state index contributed by atoms with van der Waals surface area (Å²) in [6.45, 7) is 2.59. The third kappa shape index (κ3) is 5.18. The normalized spacial score (nSPS) is 12.2. The molecule has 0 saturated heterocycles. The summed E-state index contributed by atoms with van der Waals surface area (Å²) in [4.78, 5) is 14.2. The van der Waals surface area contributed by atoms with Gasteiger partial charge in [0.05, 0.1) is 12.5 Å². The maximum Gasteiger partial charge on any atom is 0.224 e. The lowest BCUT2D eigenvalue weighted by Crippen LogP contribution is -2.35. The van der Waals surface area contributed by atoms with Crippen LogP contribution in [0.25, 0.3) is 0 Å². The molecule has 1 atom stereocenters. The van der Waals surface area contributed by atoms with E-state index in [-0.39, 0.29) is 24.2 Å². The second kappa shape index (κ2) is 7.88. The van der Waals surface area contributed by atoms with Crippen molar-refractivity contribution >= 4 is 5.91 Å². The van der Waals surface area contributed by atoms with Crippen LogP contribution >= 0.6 is 0 Å². The fraction of sp³-hybridized carbons (Fsp3) is 0.316. The zero-order chi connectivity index (χ0) is 16.8. The average molecular weight is 314 g/mol. The van der Waals surface area contributed by atoms with E-state index in [0.717, 1.165) is 5.56 Å². The molecule has 0 aromatic heterocycles. The molecule has 0 bridgehead atoms. The van der Waals surface area contributed by atoms with Gasteiger partial charge in [0, 0.05) is 6.54 Å². The number of rotatable bonds is 6. The van der Waals surface area contributed by atoms with Crippen molar-refractivity contribution in [3.05, 3.63) is 71.0 Å². The highest BCUT2D eigenvalue weighted by Crippen LogP contribution is 2.18. The Morgan fingerprint density at radius 1 is 1.09 bits per heavy atom. The topological polar surface area (TPSA) is 32.3 Å². The van der Waals surface area contributed by atoms with Crippen molar-refractivity contribution in [1.82, 2.24) is 10.2 Å². The van der Waals surface area contributed by atoms with Crippen molar-refractivity contribution in [1.29, 1.82) is 0 Å². The van der Waals surface area contributed by atoms with Crippen LogP contribution in [0.2, 0.25) is 0 Å². The van der Waals surface area contributed by atoms with Gasteiger partial charge in [-0.1, -0.05) is 42.0 Å². The van der Waals surface area contributed by atoms with E-state index in [1.54, 1.807) is 12.1 Å². The molecule has 2 aromatic carbocycles. The number of amides is 1. The van der Waals surface area contributed by atoms with E-state index in [1.807, 2.05) is 14.1 Å². The van der Waals surface area contributed by atoms with Crippen LogP contribution in [-0.4, -0.2) is 31.4 Å². The lowest BCUT2D eigenvalue weighted by molar-refractivity contribution is -0.120. The van der Waals surface area contributed by atoms with E-state index < -0.39 is 0 Å². The Balaban J connectivity index is 1.94. The van der Waals surface area contributed by atoms with Crippen LogP contribution in [-0.2, 0) is 11.2 Å². The summed E-state index contributed by atoms with van der Waals surface area (Å²) < 4.78 is 12.9. The number of hydrogen-bond acceptors (Lipinski definition) is 2. The summed E-state index contributed by atoms with van der Waals surface area (Å²) in [5.41, 5.74) is 3.19. The molecule has 0 heterocycles. The van der Waals surface area contributed by atoms with Gasteiger partial charge in [-0.25, -0.2) is 4.39 Å². The average Bonchev–Trinajstić information content (AvgIpc) is 2.51. The molecule has 0 unspecified atom stereocenters. The number of benzene rings is 2. The molecule has 0 aliphatic carbocycles. The van der Waals surface area contributed by atoms with Crippen molar-refractivity contribution < 1.29 is 9.18 Å². The third-order valence-corrected chi connectivity index (χ3v) is 3.86. The predicted molar refractivity (Wildman–Crippen MR) is 90.7 cm³/mol. The van der Waals surface area contributed by atoms with Crippen molar-refractivity contribution in [3.63, 3.8) is 0 Å². The maximum atomic E-state index is 12.9. The van der Waals surface area contributed by atoms with Crippen molar-refractivity contribution in [3.8, 4) is 0 Å². The Kier molecular flexibility index (Phi) is 5.88. The number of carbonyl (C=O) groups is 1. The van der Waals surface area contributed by atoms with Gasteiger partial charge in [0.15, 0.2) is 0 Å². The summed E-state index contributed by atoms with van der Waals surface area (Å²) in [5, 5.41) is 2.97. The summed E-state index contributed by atoms with van der Waals surface area (Å²) in [7, 11) is 3.99. The molecule has 4 heteroatoms. The summed E-state index contributed by atoms with van der Waals surface area (Å²) in [5.74, 6) is -0.350. The lowest BCUT2D eigenvalue weighted by Gasteiger charge is -2.25. The first kappa shape index (κ1) is 17.2. The van der Waals surface area contributed by atoms with Gasteiger partial charge < -0.3 is 10.2 Å². The van der Waals surface area contributed by atoms with Gasteiger partial charge in [-0.2, -0.15) is 0 Å². The summed E-state index contributed by atoms with van der Waals surface area (Å²) in [6.07, 6.45) is 0.258. The van der Waals surface area contributed by atoms with Crippen molar-refractivity contribution in [2.24, 2.45) is 0 Å². The van der Waals surface area contributed by atoms with E-state index in [0.29, 0.717) is 6.54 Å². The first-order chi connectivity index (χ1) is 11.0. The monoisotopic (exact) mass is 314 g/mol. The second-order valence-corrected chi connectivity index (χ2v) is 6.00. The highest BCUT2D eigenvalue weighted by molar-refractivity contribution is 5.78. The van der Waals surface area contributed by atoms with Gasteiger partial charge in [-0.15, -0.1) is 0 Å². The Morgan fingerprint density at radius 3 is 2.26 bits per heavy atom. The highest BCUT2D eigenvalue weighted by Gasteiger charge is 2.15. The quantitative estimate of drug-likeness (QED) is 0.888. The smallest absolute Gasteiger partial charge is 0.224 e. The van der Waals surface area contributed by atoms with E-state index in [2.05, 4.69) is 41.4 Å². The van der Waals surface area contributed by atoms with Crippen LogP contribution in [0.1, 0.15) is 22.7 Å². The fourth-order valence-electron chi connectivity index (χ4n) is 2.45. The molecule has 122 valence electrons. The van der Waals surface area contributed by atoms with Crippen LogP contribution in [0.3, 0.4) is 0 Å². The molecule has 0 saturated carbocycles. The number of carbonyl (C=O) groups excluding carboxylic acids is 1. The number of aryl methyl sites for hydroxylation is 1. The third-order valence-electron chi connectivity index (χ3n) is 3.86. The second-order valence-electron chi connectivity index (χ2n) is 6.00. The molecule has 2 aromatic rings. The number of nitrogens with zero attached hydrogens (tertiary/aromatic N) is 1. The van der Waals surface area contributed by atoms with E-state index >= 15 is 0 Å². The molecule has 0 fully saturated rings. The highest BCUT2D eigenvalue weighted by atomic mass is 19.1. The lowest BCUT2D eigenvalue weighted by atomic mass is 10.0. The van der Waals surface area contributed by atoms with Gasteiger partial charge in [0.2, 0.25) is 5.91 Å². The molecule has 0 spiro atoms.